The van der Waals surface area contributed by atoms with Gasteiger partial charge in [0.2, 0.25) is 0 Å². The summed E-state index contributed by atoms with van der Waals surface area (Å²) in [5.74, 6) is 0. The van der Waals surface area contributed by atoms with Crippen LogP contribution >= 0.6 is 23.2 Å². The average molecular weight is 313 g/mol. The Morgan fingerprint density at radius 2 is 2.15 bits per heavy atom. The molecule has 2 aromatic rings. The smallest absolute Gasteiger partial charge is 0.282 e. The molecule has 20 heavy (non-hydrogen) atoms. The van der Waals surface area contributed by atoms with E-state index in [4.69, 9.17) is 27.7 Å². The summed E-state index contributed by atoms with van der Waals surface area (Å²) in [6, 6.07) is 7.07. The third-order valence-electron chi connectivity index (χ3n) is 3.65. The van der Waals surface area contributed by atoms with Gasteiger partial charge in [-0.15, -0.1) is 0 Å². The molecule has 106 valence electrons. The van der Waals surface area contributed by atoms with Gasteiger partial charge in [-0.1, -0.05) is 29.3 Å². The van der Waals surface area contributed by atoms with E-state index >= 15 is 0 Å². The molecule has 2 heterocycles. The lowest BCUT2D eigenvalue weighted by Crippen LogP contribution is -2.35. The maximum Gasteiger partial charge on any atom is 0.282 e. The van der Waals surface area contributed by atoms with Crippen molar-refractivity contribution in [1.29, 1.82) is 0 Å². The van der Waals surface area contributed by atoms with Crippen molar-refractivity contribution in [2.75, 3.05) is 6.54 Å². The minimum absolute atomic E-state index is 0.0514. The molecule has 0 spiro atoms. The summed E-state index contributed by atoms with van der Waals surface area (Å²) >= 11 is 12.2. The van der Waals surface area contributed by atoms with Gasteiger partial charge in [-0.05, 0) is 37.1 Å². The molecule has 3 rings (SSSR count). The van der Waals surface area contributed by atoms with Crippen molar-refractivity contribution < 1.29 is 4.52 Å². The van der Waals surface area contributed by atoms with Gasteiger partial charge in [0.05, 0.1) is 6.04 Å². The molecule has 1 aromatic heterocycles. The molecule has 1 fully saturated rings. The first-order chi connectivity index (χ1) is 9.65. The fourth-order valence-corrected chi connectivity index (χ4v) is 3.22. The summed E-state index contributed by atoms with van der Waals surface area (Å²) < 4.78 is 6.70. The second-order valence-corrected chi connectivity index (χ2v) is 5.77. The third kappa shape index (κ3) is 2.64. The first kappa shape index (κ1) is 13.7. The molecule has 6 heteroatoms. The molecule has 0 amide bonds. The molecule has 0 radical (unpaired) electrons. The van der Waals surface area contributed by atoms with Gasteiger partial charge >= 0.3 is 0 Å². The molecule has 0 bridgehead atoms. The maximum atomic E-state index is 11.7. The van der Waals surface area contributed by atoms with Gasteiger partial charge in [0.25, 0.3) is 5.56 Å². The van der Waals surface area contributed by atoms with Crippen molar-refractivity contribution in [2.45, 2.75) is 24.9 Å². The number of piperidine rings is 1. The standard InChI is InChI=1S/C14H14Cl2N2O2/c15-9-1-2-11(12(16)7-9)13-8-10(3-5-17-13)18-14(19)4-6-20-18/h1-2,4,6-7,10,13,17H,3,5,8H2/t10-,13-/m0/s1. The highest BCUT2D eigenvalue weighted by molar-refractivity contribution is 6.35. The summed E-state index contributed by atoms with van der Waals surface area (Å²) in [6.45, 7) is 0.807. The molecule has 0 saturated carbocycles. The fraction of sp³-hybridized carbons (Fsp3) is 0.357. The van der Waals surface area contributed by atoms with Crippen LogP contribution in [0.25, 0.3) is 0 Å². The van der Waals surface area contributed by atoms with E-state index in [1.165, 1.54) is 17.1 Å². The zero-order valence-electron chi connectivity index (χ0n) is 10.7. The quantitative estimate of drug-likeness (QED) is 0.924. The SMILES string of the molecule is O=c1ccon1[C@H]1CCN[C@H](c2ccc(Cl)cc2Cl)C1. The first-order valence-electron chi connectivity index (χ1n) is 6.50. The van der Waals surface area contributed by atoms with E-state index in [1.807, 2.05) is 12.1 Å². The Hall–Kier alpha value is -1.23. The molecule has 1 aliphatic rings. The van der Waals surface area contributed by atoms with Crippen molar-refractivity contribution in [3.63, 3.8) is 0 Å². The highest BCUT2D eigenvalue weighted by Gasteiger charge is 2.27. The lowest BCUT2D eigenvalue weighted by molar-refractivity contribution is 0.161. The molecule has 4 nitrogen and oxygen atoms in total. The molecule has 0 unspecified atom stereocenters. The Labute approximate surface area is 126 Å². The Bertz CT molecular complexity index is 665. The van der Waals surface area contributed by atoms with Crippen LogP contribution in [-0.4, -0.2) is 11.3 Å². The number of aromatic nitrogens is 1. The van der Waals surface area contributed by atoms with E-state index in [0.717, 1.165) is 24.9 Å². The van der Waals surface area contributed by atoms with Gasteiger partial charge in [0.15, 0.2) is 0 Å². The average Bonchev–Trinajstić information content (AvgIpc) is 2.85. The third-order valence-corrected chi connectivity index (χ3v) is 4.21. The Balaban J connectivity index is 1.85. The lowest BCUT2D eigenvalue weighted by Gasteiger charge is -2.30. The van der Waals surface area contributed by atoms with Crippen molar-refractivity contribution in [3.8, 4) is 0 Å². The zero-order chi connectivity index (χ0) is 14.1. The lowest BCUT2D eigenvalue weighted by atomic mass is 9.94. The van der Waals surface area contributed by atoms with Gasteiger partial charge < -0.3 is 9.84 Å². The zero-order valence-corrected chi connectivity index (χ0v) is 12.2. The van der Waals surface area contributed by atoms with Crippen LogP contribution in [0.4, 0.5) is 0 Å². The number of halogens is 2. The van der Waals surface area contributed by atoms with Crippen LogP contribution in [0.2, 0.25) is 10.0 Å². The van der Waals surface area contributed by atoms with Crippen LogP contribution in [-0.2, 0) is 0 Å². The van der Waals surface area contributed by atoms with E-state index in [9.17, 15) is 4.79 Å². The molecule has 1 aromatic carbocycles. The minimum Gasteiger partial charge on any atom is -0.384 e. The predicted molar refractivity (Wildman–Crippen MR) is 78.4 cm³/mol. The molecule has 2 atom stereocenters. The monoisotopic (exact) mass is 312 g/mol. The Morgan fingerprint density at radius 1 is 1.30 bits per heavy atom. The Kier molecular flexibility index (Phi) is 3.87. The number of hydrogen-bond acceptors (Lipinski definition) is 3. The largest absolute Gasteiger partial charge is 0.384 e. The summed E-state index contributed by atoms with van der Waals surface area (Å²) in [5.41, 5.74) is 0.901. The normalized spacial score (nSPS) is 22.9. The number of nitrogens with one attached hydrogen (secondary N) is 1. The van der Waals surface area contributed by atoms with Crippen LogP contribution in [0.5, 0.6) is 0 Å². The summed E-state index contributed by atoms with van der Waals surface area (Å²) in [6.07, 6.45) is 3.04. The van der Waals surface area contributed by atoms with Gasteiger partial charge in [-0.2, -0.15) is 4.74 Å². The van der Waals surface area contributed by atoms with Crippen LogP contribution in [0.3, 0.4) is 0 Å². The summed E-state index contributed by atoms with van der Waals surface area (Å²) in [7, 11) is 0. The molecule has 1 saturated heterocycles. The van der Waals surface area contributed by atoms with E-state index in [2.05, 4.69) is 5.32 Å². The molecule has 0 aliphatic carbocycles. The van der Waals surface area contributed by atoms with Crippen LogP contribution in [0, 0.1) is 0 Å². The molecule has 1 N–H and O–H groups in total. The number of rotatable bonds is 2. The van der Waals surface area contributed by atoms with Crippen LogP contribution in [0.15, 0.2) is 39.8 Å². The van der Waals surface area contributed by atoms with E-state index in [0.29, 0.717) is 10.0 Å². The van der Waals surface area contributed by atoms with Gasteiger partial charge in [0, 0.05) is 22.2 Å². The van der Waals surface area contributed by atoms with E-state index in [-0.39, 0.29) is 17.6 Å². The predicted octanol–water partition coefficient (Wildman–Crippen LogP) is 3.41. The van der Waals surface area contributed by atoms with Crippen molar-refractivity contribution >= 4 is 23.2 Å². The molecular weight excluding hydrogens is 299 g/mol. The minimum atomic E-state index is -0.0992. The van der Waals surface area contributed by atoms with Crippen LogP contribution < -0.4 is 10.9 Å². The molecule has 1 aliphatic heterocycles. The summed E-state index contributed by atoms with van der Waals surface area (Å²) in [5, 5.41) is 4.68. The highest BCUT2D eigenvalue weighted by Crippen LogP contribution is 2.34. The van der Waals surface area contributed by atoms with Crippen molar-refractivity contribution in [3.05, 3.63) is 56.5 Å². The number of benzene rings is 1. The Morgan fingerprint density at radius 3 is 2.85 bits per heavy atom. The van der Waals surface area contributed by atoms with E-state index < -0.39 is 0 Å². The first-order valence-corrected chi connectivity index (χ1v) is 7.25. The highest BCUT2D eigenvalue weighted by atomic mass is 35.5. The van der Waals surface area contributed by atoms with Gasteiger partial charge in [-0.25, -0.2) is 0 Å². The van der Waals surface area contributed by atoms with Crippen molar-refractivity contribution in [1.82, 2.24) is 10.1 Å². The van der Waals surface area contributed by atoms with Gasteiger partial charge in [0.1, 0.15) is 6.26 Å². The second kappa shape index (κ2) is 5.64. The second-order valence-electron chi connectivity index (χ2n) is 4.92. The van der Waals surface area contributed by atoms with Gasteiger partial charge in [-0.3, -0.25) is 4.79 Å². The molecular formula is C14H14Cl2N2O2. The van der Waals surface area contributed by atoms with Crippen molar-refractivity contribution in [2.24, 2.45) is 0 Å². The number of hydrogen-bond donors (Lipinski definition) is 1. The maximum absolute atomic E-state index is 11.7. The topological polar surface area (TPSA) is 47.2 Å². The van der Waals surface area contributed by atoms with E-state index in [1.54, 1.807) is 6.07 Å². The summed E-state index contributed by atoms with van der Waals surface area (Å²) in [4.78, 5) is 11.7. The van der Waals surface area contributed by atoms with Crippen LogP contribution in [0.1, 0.15) is 30.5 Å². The fourth-order valence-electron chi connectivity index (χ4n) is 2.68. The number of nitrogens with zero attached hydrogens (tertiary/aromatic N) is 1.